The highest BCUT2D eigenvalue weighted by Crippen LogP contribution is 2.54. The molecular formula is C20H32SSi. The highest BCUT2D eigenvalue weighted by Gasteiger charge is 2.53. The number of thioether (sulfide) groups is 1. The van der Waals surface area contributed by atoms with Crippen molar-refractivity contribution in [3.63, 3.8) is 0 Å². The molecule has 0 N–H and O–H groups in total. The van der Waals surface area contributed by atoms with Crippen LogP contribution >= 0.6 is 11.8 Å². The van der Waals surface area contributed by atoms with Gasteiger partial charge < -0.3 is 0 Å². The van der Waals surface area contributed by atoms with Crippen LogP contribution in [0, 0.1) is 5.41 Å². The van der Waals surface area contributed by atoms with Gasteiger partial charge >= 0.3 is 0 Å². The number of rotatable bonds is 4. The van der Waals surface area contributed by atoms with Gasteiger partial charge in [0.1, 0.15) is 8.07 Å². The molecule has 122 valence electrons. The zero-order chi connectivity index (χ0) is 16.6. The second-order valence-electron chi connectivity index (χ2n) is 8.14. The molecule has 0 aliphatic heterocycles. The minimum atomic E-state index is -1.62. The van der Waals surface area contributed by atoms with E-state index in [4.69, 9.17) is 0 Å². The average Bonchev–Trinajstić information content (AvgIpc) is 2.94. The van der Waals surface area contributed by atoms with Crippen molar-refractivity contribution in [1.29, 1.82) is 0 Å². The first-order valence-electron chi connectivity index (χ1n) is 8.55. The topological polar surface area (TPSA) is 0 Å². The Labute approximate surface area is 142 Å². The summed E-state index contributed by atoms with van der Waals surface area (Å²) >= 11 is 2.20. The Morgan fingerprint density at radius 2 is 1.91 bits per heavy atom. The Bertz CT molecular complexity index is 555. The summed E-state index contributed by atoms with van der Waals surface area (Å²) in [5, 5.41) is 1.65. The van der Waals surface area contributed by atoms with Gasteiger partial charge in [-0.05, 0) is 30.9 Å². The Hall–Kier alpha value is -0.473. The van der Waals surface area contributed by atoms with E-state index in [0.717, 1.165) is 6.42 Å². The highest BCUT2D eigenvalue weighted by atomic mass is 32.2. The lowest BCUT2D eigenvalue weighted by Crippen LogP contribution is -2.57. The maximum Gasteiger partial charge on any atom is 0.103 e. The predicted molar refractivity (Wildman–Crippen MR) is 106 cm³/mol. The van der Waals surface area contributed by atoms with Crippen LogP contribution in [0.5, 0.6) is 0 Å². The molecule has 0 heterocycles. The Morgan fingerprint density at radius 3 is 2.41 bits per heavy atom. The normalized spacial score (nSPS) is 25.9. The van der Waals surface area contributed by atoms with E-state index in [1.165, 1.54) is 17.7 Å². The fourth-order valence-corrected chi connectivity index (χ4v) is 10.8. The SMILES string of the molecule is CCSC1([Si](C)(C)C2=CCC=C2)CC=C(C)C=C1C(C)(C)C. The summed E-state index contributed by atoms with van der Waals surface area (Å²) in [6.07, 6.45) is 14.5. The molecule has 0 radical (unpaired) electrons. The van der Waals surface area contributed by atoms with Gasteiger partial charge in [-0.3, -0.25) is 0 Å². The molecule has 0 bridgehead atoms. The third kappa shape index (κ3) is 2.97. The summed E-state index contributed by atoms with van der Waals surface area (Å²) < 4.78 is 0.292. The van der Waals surface area contributed by atoms with Crippen molar-refractivity contribution in [1.82, 2.24) is 0 Å². The summed E-state index contributed by atoms with van der Waals surface area (Å²) in [4.78, 5) is 0. The molecular weight excluding hydrogens is 300 g/mol. The second-order valence-corrected chi connectivity index (χ2v) is 14.7. The average molecular weight is 333 g/mol. The standard InChI is InChI=1S/C20H32SSi/c1-8-21-20(22(6,7)17-11-9-10-12-17)14-13-16(2)15-18(20)19(3,4)5/h9,11-13,15H,8,10,14H2,1-7H3. The highest BCUT2D eigenvalue weighted by molar-refractivity contribution is 8.02. The molecule has 1 atom stereocenters. The molecule has 0 amide bonds. The maximum atomic E-state index is 2.59. The number of hydrogen-bond acceptors (Lipinski definition) is 1. The van der Waals surface area contributed by atoms with Crippen LogP contribution in [0.3, 0.4) is 0 Å². The summed E-state index contributed by atoms with van der Waals surface area (Å²) in [5.74, 6) is 1.19. The van der Waals surface area contributed by atoms with Crippen LogP contribution in [0.25, 0.3) is 0 Å². The van der Waals surface area contributed by atoms with Crippen LogP contribution in [0.15, 0.2) is 46.7 Å². The molecule has 1 unspecified atom stereocenters. The quantitative estimate of drug-likeness (QED) is 0.531. The van der Waals surface area contributed by atoms with Gasteiger partial charge in [0, 0.05) is 4.37 Å². The van der Waals surface area contributed by atoms with Crippen LogP contribution < -0.4 is 0 Å². The lowest BCUT2D eigenvalue weighted by molar-refractivity contribution is 0.470. The molecule has 22 heavy (non-hydrogen) atoms. The van der Waals surface area contributed by atoms with Crippen LogP contribution in [-0.2, 0) is 0 Å². The van der Waals surface area contributed by atoms with Crippen molar-refractivity contribution < 1.29 is 0 Å². The number of allylic oxidation sites excluding steroid dienone is 7. The van der Waals surface area contributed by atoms with E-state index in [9.17, 15) is 0 Å². The van der Waals surface area contributed by atoms with E-state index in [1.54, 1.807) is 10.8 Å². The van der Waals surface area contributed by atoms with Crippen LogP contribution in [0.4, 0.5) is 0 Å². The summed E-state index contributed by atoms with van der Waals surface area (Å²) in [6.45, 7) is 16.9. The Kier molecular flexibility index (Phi) is 5.04. The van der Waals surface area contributed by atoms with E-state index in [1.807, 2.05) is 0 Å². The van der Waals surface area contributed by atoms with Crippen molar-refractivity contribution in [2.24, 2.45) is 5.41 Å². The van der Waals surface area contributed by atoms with Crippen molar-refractivity contribution in [2.75, 3.05) is 5.75 Å². The lowest BCUT2D eigenvalue weighted by Gasteiger charge is -2.52. The largest absolute Gasteiger partial charge is 0.154 e. The number of hydrogen-bond donors (Lipinski definition) is 0. The van der Waals surface area contributed by atoms with Gasteiger partial charge in [-0.2, -0.15) is 11.8 Å². The predicted octanol–water partition coefficient (Wildman–Crippen LogP) is 6.47. The van der Waals surface area contributed by atoms with E-state index in [0.29, 0.717) is 4.37 Å². The van der Waals surface area contributed by atoms with Crippen LogP contribution in [-0.4, -0.2) is 18.2 Å². The molecule has 0 aromatic rings. The minimum absolute atomic E-state index is 0.227. The molecule has 0 saturated heterocycles. The minimum Gasteiger partial charge on any atom is -0.154 e. The zero-order valence-electron chi connectivity index (χ0n) is 15.4. The van der Waals surface area contributed by atoms with E-state index >= 15 is 0 Å². The van der Waals surface area contributed by atoms with Gasteiger partial charge in [-0.15, -0.1) is 0 Å². The fourth-order valence-electron chi connectivity index (χ4n) is 3.95. The molecule has 0 nitrogen and oxygen atoms in total. The lowest BCUT2D eigenvalue weighted by atomic mass is 9.80. The van der Waals surface area contributed by atoms with E-state index in [2.05, 4.69) is 89.9 Å². The van der Waals surface area contributed by atoms with Gasteiger partial charge in [0.25, 0.3) is 0 Å². The van der Waals surface area contributed by atoms with Crippen LogP contribution in [0.2, 0.25) is 13.1 Å². The first kappa shape index (κ1) is 17.9. The maximum absolute atomic E-state index is 2.59. The second kappa shape index (κ2) is 6.20. The van der Waals surface area contributed by atoms with E-state index in [-0.39, 0.29) is 5.41 Å². The smallest absolute Gasteiger partial charge is 0.103 e. The molecule has 0 spiro atoms. The fraction of sp³-hybridized carbons (Fsp3) is 0.600. The monoisotopic (exact) mass is 332 g/mol. The van der Waals surface area contributed by atoms with Gasteiger partial charge in [-0.1, -0.05) is 87.5 Å². The van der Waals surface area contributed by atoms with Crippen molar-refractivity contribution in [3.05, 3.63) is 46.7 Å². The molecule has 0 aromatic heterocycles. The Balaban J connectivity index is 2.61. The van der Waals surface area contributed by atoms with Crippen molar-refractivity contribution in [3.8, 4) is 0 Å². The molecule has 0 saturated carbocycles. The summed E-state index contributed by atoms with van der Waals surface area (Å²) in [5.41, 5.74) is 3.34. The van der Waals surface area contributed by atoms with Crippen molar-refractivity contribution >= 4 is 19.8 Å². The van der Waals surface area contributed by atoms with Gasteiger partial charge in [0.05, 0.1) is 0 Å². The molecule has 0 aromatic carbocycles. The summed E-state index contributed by atoms with van der Waals surface area (Å²) in [7, 11) is -1.62. The molecule has 2 rings (SSSR count). The third-order valence-corrected chi connectivity index (χ3v) is 12.7. The zero-order valence-corrected chi connectivity index (χ0v) is 17.2. The molecule has 2 aliphatic carbocycles. The third-order valence-electron chi connectivity index (χ3n) is 5.22. The molecule has 2 aliphatic rings. The van der Waals surface area contributed by atoms with Gasteiger partial charge in [-0.25, -0.2) is 0 Å². The molecule has 2 heteroatoms. The van der Waals surface area contributed by atoms with Gasteiger partial charge in [0.15, 0.2) is 0 Å². The van der Waals surface area contributed by atoms with Crippen molar-refractivity contribution in [2.45, 2.75) is 64.9 Å². The van der Waals surface area contributed by atoms with Crippen LogP contribution in [0.1, 0.15) is 47.5 Å². The van der Waals surface area contributed by atoms with E-state index < -0.39 is 8.07 Å². The van der Waals surface area contributed by atoms with Gasteiger partial charge in [0.2, 0.25) is 0 Å². The first-order valence-corrected chi connectivity index (χ1v) is 12.5. The Morgan fingerprint density at radius 1 is 1.23 bits per heavy atom. The molecule has 0 fully saturated rings. The summed E-state index contributed by atoms with van der Waals surface area (Å²) in [6, 6.07) is 0. The first-order chi connectivity index (χ1) is 10.1.